The van der Waals surface area contributed by atoms with Crippen LogP contribution in [0.4, 0.5) is 10.1 Å². The van der Waals surface area contributed by atoms with Crippen LogP contribution < -0.4 is 5.32 Å². The molecule has 0 unspecified atom stereocenters. The highest BCUT2D eigenvalue weighted by atomic mass is 35.5. The highest BCUT2D eigenvalue weighted by Gasteiger charge is 2.12. The highest BCUT2D eigenvalue weighted by molar-refractivity contribution is 7.14. The largest absolute Gasteiger partial charge is 0.376 e. The summed E-state index contributed by atoms with van der Waals surface area (Å²) in [4.78, 5) is 4.08. The van der Waals surface area contributed by atoms with E-state index in [0.717, 1.165) is 15.6 Å². The van der Waals surface area contributed by atoms with E-state index in [1.165, 1.54) is 17.5 Å². The van der Waals surface area contributed by atoms with Gasteiger partial charge in [0.05, 0.1) is 17.3 Å². The van der Waals surface area contributed by atoms with Crippen LogP contribution in [0.15, 0.2) is 54.7 Å². The number of pyridine rings is 1. The fourth-order valence-corrected chi connectivity index (χ4v) is 3.47. The van der Waals surface area contributed by atoms with Gasteiger partial charge in [0.1, 0.15) is 15.5 Å². The maximum absolute atomic E-state index is 14.6. The van der Waals surface area contributed by atoms with E-state index >= 15 is 0 Å². The van der Waals surface area contributed by atoms with Crippen LogP contribution in [-0.2, 0) is 6.54 Å². The fourth-order valence-electron chi connectivity index (χ4n) is 2.48. The fraction of sp³-hybridized carbons (Fsp3) is 0.0556. The number of benzene rings is 2. The first kappa shape index (κ1) is 15.9. The zero-order valence-electron chi connectivity index (χ0n) is 12.9. The van der Waals surface area contributed by atoms with E-state index in [0.29, 0.717) is 22.6 Å². The molecule has 0 radical (unpaired) electrons. The second kappa shape index (κ2) is 6.74. The standard InChI is InChI=1S/C18H12ClFN4S/c19-13-8-9-21-17-12(13)6-7-14(16(17)20)22-10-15-23-24-18(25-15)11-4-2-1-3-5-11/h1-9,22H,10H2. The van der Waals surface area contributed by atoms with Gasteiger partial charge in [0.15, 0.2) is 5.82 Å². The monoisotopic (exact) mass is 370 g/mol. The van der Waals surface area contributed by atoms with Gasteiger partial charge in [0, 0.05) is 17.1 Å². The van der Waals surface area contributed by atoms with Crippen LogP contribution in [0.2, 0.25) is 5.02 Å². The molecule has 4 rings (SSSR count). The third kappa shape index (κ3) is 3.18. The van der Waals surface area contributed by atoms with E-state index in [4.69, 9.17) is 11.6 Å². The third-order valence-electron chi connectivity index (χ3n) is 3.72. The maximum Gasteiger partial charge on any atom is 0.172 e. The van der Waals surface area contributed by atoms with Gasteiger partial charge in [0.25, 0.3) is 0 Å². The molecule has 25 heavy (non-hydrogen) atoms. The van der Waals surface area contributed by atoms with Crippen molar-refractivity contribution in [2.75, 3.05) is 5.32 Å². The molecule has 0 amide bonds. The van der Waals surface area contributed by atoms with Crippen LogP contribution >= 0.6 is 22.9 Å². The van der Waals surface area contributed by atoms with Gasteiger partial charge >= 0.3 is 0 Å². The van der Waals surface area contributed by atoms with Crippen molar-refractivity contribution in [2.24, 2.45) is 0 Å². The number of nitrogens with one attached hydrogen (secondary N) is 1. The lowest BCUT2D eigenvalue weighted by molar-refractivity contribution is 0.639. The molecule has 0 bridgehead atoms. The van der Waals surface area contributed by atoms with Crippen LogP contribution in [0.25, 0.3) is 21.5 Å². The van der Waals surface area contributed by atoms with E-state index in [1.807, 2.05) is 30.3 Å². The van der Waals surface area contributed by atoms with Gasteiger partial charge in [0.2, 0.25) is 0 Å². The molecule has 0 fully saturated rings. The molecule has 7 heteroatoms. The predicted molar refractivity (Wildman–Crippen MR) is 99.4 cm³/mol. The summed E-state index contributed by atoms with van der Waals surface area (Å²) in [6.07, 6.45) is 1.49. The summed E-state index contributed by atoms with van der Waals surface area (Å²) in [7, 11) is 0. The lowest BCUT2D eigenvalue weighted by Gasteiger charge is -2.08. The van der Waals surface area contributed by atoms with E-state index < -0.39 is 5.82 Å². The SMILES string of the molecule is Fc1c(NCc2nnc(-c3ccccc3)s2)ccc2c(Cl)ccnc12. The maximum atomic E-state index is 14.6. The summed E-state index contributed by atoms with van der Waals surface area (Å²) in [6, 6.07) is 14.9. The molecule has 0 aliphatic rings. The Balaban J connectivity index is 1.55. The third-order valence-corrected chi connectivity index (χ3v) is 5.02. The summed E-state index contributed by atoms with van der Waals surface area (Å²) in [6.45, 7) is 0.382. The van der Waals surface area contributed by atoms with E-state index in [2.05, 4.69) is 20.5 Å². The van der Waals surface area contributed by atoms with Crippen LogP contribution in [0.5, 0.6) is 0 Å². The molecule has 0 aliphatic carbocycles. The van der Waals surface area contributed by atoms with Gasteiger partial charge in [-0.15, -0.1) is 10.2 Å². The number of fused-ring (bicyclic) bond motifs is 1. The highest BCUT2D eigenvalue weighted by Crippen LogP contribution is 2.29. The molecule has 2 aromatic carbocycles. The molecule has 0 saturated heterocycles. The Morgan fingerprint density at radius 2 is 1.88 bits per heavy atom. The summed E-state index contributed by atoms with van der Waals surface area (Å²) < 4.78 is 14.6. The molecule has 0 aliphatic heterocycles. The minimum absolute atomic E-state index is 0.250. The Labute approximate surface area is 152 Å². The molecule has 1 N–H and O–H groups in total. The summed E-state index contributed by atoms with van der Waals surface area (Å²) >= 11 is 7.54. The Bertz CT molecular complexity index is 1040. The minimum Gasteiger partial charge on any atom is -0.376 e. The Morgan fingerprint density at radius 3 is 2.72 bits per heavy atom. The molecular formula is C18H12ClFN4S. The van der Waals surface area contributed by atoms with Gasteiger partial charge in [-0.3, -0.25) is 4.98 Å². The van der Waals surface area contributed by atoms with Crippen molar-refractivity contribution in [1.29, 1.82) is 0 Å². The minimum atomic E-state index is -0.423. The molecule has 0 spiro atoms. The van der Waals surface area contributed by atoms with E-state index in [1.54, 1.807) is 18.2 Å². The van der Waals surface area contributed by atoms with E-state index in [-0.39, 0.29) is 5.52 Å². The first-order valence-electron chi connectivity index (χ1n) is 7.57. The smallest absolute Gasteiger partial charge is 0.172 e. The van der Waals surface area contributed by atoms with Crippen molar-refractivity contribution in [3.05, 3.63) is 70.6 Å². The Morgan fingerprint density at radius 1 is 1.04 bits per heavy atom. The summed E-state index contributed by atoms with van der Waals surface area (Å²) in [5, 5.41) is 14.1. The first-order valence-corrected chi connectivity index (χ1v) is 8.76. The lowest BCUT2D eigenvalue weighted by Crippen LogP contribution is -2.02. The Kier molecular flexibility index (Phi) is 4.29. The van der Waals surface area contributed by atoms with Gasteiger partial charge in [-0.2, -0.15) is 0 Å². The average molecular weight is 371 g/mol. The van der Waals surface area contributed by atoms with Crippen molar-refractivity contribution >= 4 is 39.5 Å². The average Bonchev–Trinajstić information content (AvgIpc) is 3.12. The number of hydrogen-bond donors (Lipinski definition) is 1. The van der Waals surface area contributed by atoms with Crippen molar-refractivity contribution in [2.45, 2.75) is 6.54 Å². The number of hydrogen-bond acceptors (Lipinski definition) is 5. The molecule has 2 heterocycles. The van der Waals surface area contributed by atoms with Crippen molar-refractivity contribution in [3.8, 4) is 10.6 Å². The number of nitrogens with zero attached hydrogens (tertiary/aromatic N) is 3. The topological polar surface area (TPSA) is 50.7 Å². The predicted octanol–water partition coefficient (Wildman–Crippen LogP) is 5.16. The Hall–Kier alpha value is -2.57. The molecule has 0 saturated carbocycles. The second-order valence-corrected chi connectivity index (χ2v) is 6.81. The van der Waals surface area contributed by atoms with Gasteiger partial charge in [-0.05, 0) is 18.2 Å². The van der Waals surface area contributed by atoms with Gasteiger partial charge < -0.3 is 5.32 Å². The van der Waals surface area contributed by atoms with Crippen molar-refractivity contribution < 1.29 is 4.39 Å². The second-order valence-electron chi connectivity index (χ2n) is 5.34. The molecule has 4 aromatic rings. The van der Waals surface area contributed by atoms with Crippen LogP contribution in [0.1, 0.15) is 5.01 Å². The molecule has 2 aromatic heterocycles. The first-order chi connectivity index (χ1) is 12.2. The molecule has 124 valence electrons. The lowest BCUT2D eigenvalue weighted by atomic mass is 10.2. The van der Waals surface area contributed by atoms with Crippen LogP contribution in [0, 0.1) is 5.82 Å². The number of halogens is 2. The molecule has 4 nitrogen and oxygen atoms in total. The zero-order chi connectivity index (χ0) is 17.2. The zero-order valence-corrected chi connectivity index (χ0v) is 14.5. The van der Waals surface area contributed by atoms with Crippen LogP contribution in [-0.4, -0.2) is 15.2 Å². The van der Waals surface area contributed by atoms with Gasteiger partial charge in [-0.1, -0.05) is 53.3 Å². The molecule has 0 atom stereocenters. The van der Waals surface area contributed by atoms with Crippen molar-refractivity contribution in [3.63, 3.8) is 0 Å². The summed E-state index contributed by atoms with van der Waals surface area (Å²) in [5.74, 6) is -0.423. The van der Waals surface area contributed by atoms with Crippen molar-refractivity contribution in [1.82, 2.24) is 15.2 Å². The number of anilines is 1. The van der Waals surface area contributed by atoms with E-state index in [9.17, 15) is 4.39 Å². The quantitative estimate of drug-likeness (QED) is 0.539. The number of rotatable bonds is 4. The molecular weight excluding hydrogens is 359 g/mol. The summed E-state index contributed by atoms with van der Waals surface area (Å²) in [5.41, 5.74) is 1.63. The van der Waals surface area contributed by atoms with Gasteiger partial charge in [-0.25, -0.2) is 4.39 Å². The normalized spacial score (nSPS) is 11.0. The van der Waals surface area contributed by atoms with Crippen LogP contribution in [0.3, 0.4) is 0 Å². The number of aromatic nitrogens is 3.